The lowest BCUT2D eigenvalue weighted by Crippen LogP contribution is -2.25. The number of hydrogen-bond acceptors (Lipinski definition) is 3. The molecule has 3 N–H and O–H groups in total. The van der Waals surface area contributed by atoms with E-state index in [1.54, 1.807) is 0 Å². The van der Waals surface area contributed by atoms with Crippen molar-refractivity contribution in [2.24, 2.45) is 5.73 Å². The summed E-state index contributed by atoms with van der Waals surface area (Å²) in [6.45, 7) is 2.69. The van der Waals surface area contributed by atoms with Crippen molar-refractivity contribution in [2.75, 3.05) is 6.54 Å². The predicted octanol–water partition coefficient (Wildman–Crippen LogP) is 1.68. The number of nitrogens with two attached hydrogens (primary N) is 1. The number of amides is 1. The Labute approximate surface area is 114 Å². The van der Waals surface area contributed by atoms with Gasteiger partial charge < -0.3 is 15.8 Å². The Hall–Kier alpha value is -1.68. The van der Waals surface area contributed by atoms with Crippen molar-refractivity contribution in [1.82, 2.24) is 5.32 Å². The second-order valence-electron chi connectivity index (χ2n) is 4.60. The van der Waals surface area contributed by atoms with Crippen LogP contribution in [-0.4, -0.2) is 24.8 Å². The standard InChI is InChI=1S/C15H22N2O2/c1-2-12-6-8-13(9-7-12)15(19)17-10-4-3-5-14(16)11-18/h6-9,11,14H,2-5,10,16H2,1H3,(H,17,19). The summed E-state index contributed by atoms with van der Waals surface area (Å²) in [7, 11) is 0. The van der Waals surface area contributed by atoms with E-state index < -0.39 is 0 Å². The summed E-state index contributed by atoms with van der Waals surface area (Å²) in [5, 5.41) is 2.86. The van der Waals surface area contributed by atoms with E-state index in [4.69, 9.17) is 5.73 Å². The molecule has 4 nitrogen and oxygen atoms in total. The van der Waals surface area contributed by atoms with Gasteiger partial charge in [-0.05, 0) is 43.4 Å². The van der Waals surface area contributed by atoms with Crippen molar-refractivity contribution in [2.45, 2.75) is 38.6 Å². The topological polar surface area (TPSA) is 72.2 Å². The zero-order valence-corrected chi connectivity index (χ0v) is 11.4. The fraction of sp³-hybridized carbons (Fsp3) is 0.467. The van der Waals surface area contributed by atoms with Crippen molar-refractivity contribution in [1.29, 1.82) is 0 Å². The SMILES string of the molecule is CCc1ccc(C(=O)NCCCCC(N)C=O)cc1. The minimum absolute atomic E-state index is 0.0534. The number of nitrogens with one attached hydrogen (secondary N) is 1. The Morgan fingerprint density at radius 1 is 1.32 bits per heavy atom. The molecule has 0 radical (unpaired) electrons. The molecule has 0 heterocycles. The molecule has 1 rings (SSSR count). The number of hydrogen-bond donors (Lipinski definition) is 2. The summed E-state index contributed by atoms with van der Waals surface area (Å²) in [5.74, 6) is -0.0534. The summed E-state index contributed by atoms with van der Waals surface area (Å²) in [5.41, 5.74) is 7.38. The smallest absolute Gasteiger partial charge is 0.251 e. The van der Waals surface area contributed by atoms with E-state index in [1.807, 2.05) is 24.3 Å². The largest absolute Gasteiger partial charge is 0.352 e. The maximum Gasteiger partial charge on any atom is 0.251 e. The average molecular weight is 262 g/mol. The highest BCUT2D eigenvalue weighted by atomic mass is 16.1. The van der Waals surface area contributed by atoms with Crippen LogP contribution in [0.1, 0.15) is 42.1 Å². The molecule has 19 heavy (non-hydrogen) atoms. The lowest BCUT2D eigenvalue weighted by molar-refractivity contribution is -0.109. The van der Waals surface area contributed by atoms with Crippen molar-refractivity contribution < 1.29 is 9.59 Å². The number of aldehydes is 1. The van der Waals surface area contributed by atoms with Crippen LogP contribution < -0.4 is 11.1 Å². The van der Waals surface area contributed by atoms with Crippen LogP contribution in [0.15, 0.2) is 24.3 Å². The van der Waals surface area contributed by atoms with Gasteiger partial charge in [0.2, 0.25) is 0 Å². The predicted molar refractivity (Wildman–Crippen MR) is 76.0 cm³/mol. The van der Waals surface area contributed by atoms with Gasteiger partial charge >= 0.3 is 0 Å². The van der Waals surface area contributed by atoms with Crippen molar-refractivity contribution in [3.05, 3.63) is 35.4 Å². The highest BCUT2D eigenvalue weighted by molar-refractivity contribution is 5.94. The fourth-order valence-electron chi connectivity index (χ4n) is 1.77. The molecular weight excluding hydrogens is 240 g/mol. The Bertz CT molecular complexity index is 401. The average Bonchev–Trinajstić information content (AvgIpc) is 2.46. The van der Waals surface area contributed by atoms with Gasteiger partial charge in [0, 0.05) is 12.1 Å². The fourth-order valence-corrected chi connectivity index (χ4v) is 1.77. The molecule has 0 fully saturated rings. The Balaban J connectivity index is 2.25. The zero-order chi connectivity index (χ0) is 14.1. The minimum Gasteiger partial charge on any atom is -0.352 e. The third-order valence-electron chi connectivity index (χ3n) is 3.05. The van der Waals surface area contributed by atoms with Gasteiger partial charge in [-0.2, -0.15) is 0 Å². The van der Waals surface area contributed by atoms with E-state index in [0.29, 0.717) is 18.5 Å². The molecule has 1 aromatic carbocycles. The van der Waals surface area contributed by atoms with Crippen LogP contribution in [0.5, 0.6) is 0 Å². The summed E-state index contributed by atoms with van der Waals surface area (Å²) in [6, 6.07) is 7.25. The third kappa shape index (κ3) is 5.66. The Morgan fingerprint density at radius 2 is 2.00 bits per heavy atom. The highest BCUT2D eigenvalue weighted by Gasteiger charge is 2.04. The van der Waals surface area contributed by atoms with E-state index in [2.05, 4.69) is 12.2 Å². The van der Waals surface area contributed by atoms with E-state index in [9.17, 15) is 9.59 Å². The van der Waals surface area contributed by atoms with Crippen molar-refractivity contribution in [3.8, 4) is 0 Å². The molecule has 0 aliphatic heterocycles. The second-order valence-corrected chi connectivity index (χ2v) is 4.60. The minimum atomic E-state index is -0.378. The van der Waals surface area contributed by atoms with Crippen LogP contribution in [0.2, 0.25) is 0 Å². The van der Waals surface area contributed by atoms with Crippen LogP contribution >= 0.6 is 0 Å². The van der Waals surface area contributed by atoms with Crippen LogP contribution in [0.25, 0.3) is 0 Å². The van der Waals surface area contributed by atoms with E-state index >= 15 is 0 Å². The molecule has 4 heteroatoms. The summed E-state index contributed by atoms with van der Waals surface area (Å²) in [6.07, 6.45) is 4.08. The molecule has 1 aromatic rings. The zero-order valence-electron chi connectivity index (χ0n) is 11.4. The van der Waals surface area contributed by atoms with Gasteiger partial charge in [0.25, 0.3) is 5.91 Å². The van der Waals surface area contributed by atoms with Crippen molar-refractivity contribution >= 4 is 12.2 Å². The maximum absolute atomic E-state index is 11.8. The molecule has 0 bridgehead atoms. The molecule has 0 spiro atoms. The summed E-state index contributed by atoms with van der Waals surface area (Å²) in [4.78, 5) is 22.1. The molecular formula is C15H22N2O2. The molecule has 0 aliphatic carbocycles. The molecule has 104 valence electrons. The maximum atomic E-state index is 11.8. The highest BCUT2D eigenvalue weighted by Crippen LogP contribution is 2.05. The Kier molecular flexibility index (Phi) is 6.82. The summed E-state index contributed by atoms with van der Waals surface area (Å²) >= 11 is 0. The lowest BCUT2D eigenvalue weighted by atomic mass is 10.1. The first-order chi connectivity index (χ1) is 9.17. The lowest BCUT2D eigenvalue weighted by Gasteiger charge is -2.06. The monoisotopic (exact) mass is 262 g/mol. The first kappa shape index (κ1) is 15.4. The van der Waals surface area contributed by atoms with Crippen LogP contribution in [-0.2, 0) is 11.2 Å². The van der Waals surface area contributed by atoms with Gasteiger partial charge in [-0.25, -0.2) is 0 Å². The molecule has 1 unspecified atom stereocenters. The second kappa shape index (κ2) is 8.43. The van der Waals surface area contributed by atoms with Crippen LogP contribution in [0.3, 0.4) is 0 Å². The number of carbonyl (C=O) groups excluding carboxylic acids is 2. The van der Waals surface area contributed by atoms with Gasteiger partial charge in [0.1, 0.15) is 6.29 Å². The molecule has 1 atom stereocenters. The first-order valence-electron chi connectivity index (χ1n) is 6.75. The van der Waals surface area contributed by atoms with Crippen LogP contribution in [0.4, 0.5) is 0 Å². The van der Waals surface area contributed by atoms with Crippen LogP contribution in [0, 0.1) is 0 Å². The Morgan fingerprint density at radius 3 is 2.58 bits per heavy atom. The first-order valence-corrected chi connectivity index (χ1v) is 6.75. The molecule has 0 aliphatic rings. The van der Waals surface area contributed by atoms with Gasteiger partial charge in [0.15, 0.2) is 0 Å². The third-order valence-corrected chi connectivity index (χ3v) is 3.05. The molecule has 0 aromatic heterocycles. The molecule has 1 amide bonds. The number of benzene rings is 1. The summed E-state index contributed by atoms with van der Waals surface area (Å²) < 4.78 is 0. The van der Waals surface area contributed by atoms with Crippen molar-refractivity contribution in [3.63, 3.8) is 0 Å². The van der Waals surface area contributed by atoms with E-state index in [-0.39, 0.29) is 11.9 Å². The van der Waals surface area contributed by atoms with Gasteiger partial charge in [0.05, 0.1) is 6.04 Å². The van der Waals surface area contributed by atoms with E-state index in [1.165, 1.54) is 5.56 Å². The molecule has 0 saturated carbocycles. The van der Waals surface area contributed by atoms with Gasteiger partial charge in [-0.1, -0.05) is 19.1 Å². The van der Waals surface area contributed by atoms with E-state index in [0.717, 1.165) is 25.5 Å². The normalized spacial score (nSPS) is 11.9. The molecule has 0 saturated heterocycles. The number of rotatable bonds is 8. The number of unbranched alkanes of at least 4 members (excludes halogenated alkanes) is 1. The number of carbonyl (C=O) groups is 2. The number of aryl methyl sites for hydroxylation is 1. The van der Waals surface area contributed by atoms with Gasteiger partial charge in [-0.3, -0.25) is 4.79 Å². The van der Waals surface area contributed by atoms with Gasteiger partial charge in [-0.15, -0.1) is 0 Å². The quantitative estimate of drug-likeness (QED) is 0.553.